The molecule has 154 valence electrons. The number of aliphatic imine (C=N–C) groups is 1. The summed E-state index contributed by atoms with van der Waals surface area (Å²) >= 11 is 0. The zero-order valence-electron chi connectivity index (χ0n) is 16.7. The first-order valence-electron chi connectivity index (χ1n) is 9.62. The number of halogens is 1. The maximum absolute atomic E-state index is 14.1. The number of anilines is 1. The first kappa shape index (κ1) is 19.6. The Bertz CT molecular complexity index is 1150. The van der Waals surface area contributed by atoms with Crippen molar-refractivity contribution < 1.29 is 13.5 Å². The van der Waals surface area contributed by atoms with E-state index in [0.29, 0.717) is 52.6 Å². The second-order valence-corrected chi connectivity index (χ2v) is 6.91. The summed E-state index contributed by atoms with van der Waals surface area (Å²) in [7, 11) is 0. The standard InChI is InChI=1S/C22H22FN5O2/c1-3-26-20-13(9-24)6-18-21(28-11-29-18)16-5-4-15(23)8-17(16)12(2)30-19-7-14(20)10-27-22(19)25/h4-5,7-12H,3,6,24H2,1-2H3,(H2,25,27)/t12-/m1/s1. The molecule has 8 heteroatoms. The molecule has 0 fully saturated rings. The Morgan fingerprint density at radius 2 is 2.13 bits per heavy atom. The van der Waals surface area contributed by atoms with Gasteiger partial charge in [0.15, 0.2) is 18.0 Å². The van der Waals surface area contributed by atoms with E-state index in [0.717, 1.165) is 5.57 Å². The van der Waals surface area contributed by atoms with Gasteiger partial charge in [0.1, 0.15) is 23.4 Å². The Morgan fingerprint density at radius 1 is 1.30 bits per heavy atom. The molecule has 4 rings (SSSR count). The number of allylic oxidation sites excluding steroid dienone is 1. The first-order chi connectivity index (χ1) is 14.5. The lowest BCUT2D eigenvalue weighted by molar-refractivity contribution is 0.227. The largest absolute Gasteiger partial charge is 0.482 e. The van der Waals surface area contributed by atoms with E-state index in [-0.39, 0.29) is 11.6 Å². The van der Waals surface area contributed by atoms with Crippen LogP contribution in [-0.2, 0) is 6.42 Å². The normalized spacial score (nSPS) is 18.8. The number of pyridine rings is 1. The van der Waals surface area contributed by atoms with Crippen molar-refractivity contribution in [1.82, 2.24) is 9.97 Å². The van der Waals surface area contributed by atoms with Crippen molar-refractivity contribution in [2.45, 2.75) is 26.4 Å². The lowest BCUT2D eigenvalue weighted by Crippen LogP contribution is -2.14. The van der Waals surface area contributed by atoms with Crippen LogP contribution in [0.5, 0.6) is 5.75 Å². The average Bonchev–Trinajstić information content (AvgIpc) is 3.19. The van der Waals surface area contributed by atoms with Crippen LogP contribution in [0, 0.1) is 5.82 Å². The molecule has 7 nitrogen and oxygen atoms in total. The van der Waals surface area contributed by atoms with E-state index in [1.165, 1.54) is 24.7 Å². The van der Waals surface area contributed by atoms with Crippen LogP contribution in [-0.4, -0.2) is 22.2 Å². The summed E-state index contributed by atoms with van der Waals surface area (Å²) in [5.74, 6) is 0.842. The van der Waals surface area contributed by atoms with Crippen molar-refractivity contribution in [3.05, 3.63) is 71.3 Å². The fourth-order valence-corrected chi connectivity index (χ4v) is 3.57. The van der Waals surface area contributed by atoms with Crippen molar-refractivity contribution >= 4 is 11.5 Å². The van der Waals surface area contributed by atoms with E-state index in [1.807, 2.05) is 13.8 Å². The van der Waals surface area contributed by atoms with Crippen LogP contribution >= 0.6 is 0 Å². The quantitative estimate of drug-likeness (QED) is 0.634. The molecular formula is C22H22FN5O2. The Kier molecular flexibility index (Phi) is 5.22. The van der Waals surface area contributed by atoms with Gasteiger partial charge in [0.2, 0.25) is 0 Å². The van der Waals surface area contributed by atoms with Gasteiger partial charge in [-0.3, -0.25) is 4.99 Å². The molecule has 2 aromatic heterocycles. The Hall–Kier alpha value is -3.68. The van der Waals surface area contributed by atoms with Gasteiger partial charge in [-0.25, -0.2) is 14.4 Å². The summed E-state index contributed by atoms with van der Waals surface area (Å²) in [5.41, 5.74) is 16.1. The number of fused-ring (bicyclic) bond motifs is 5. The molecule has 1 aliphatic heterocycles. The van der Waals surface area contributed by atoms with E-state index in [9.17, 15) is 4.39 Å². The van der Waals surface area contributed by atoms with Crippen LogP contribution in [0.2, 0.25) is 0 Å². The first-order valence-corrected chi connectivity index (χ1v) is 9.62. The average molecular weight is 407 g/mol. The fraction of sp³-hybridized carbons (Fsp3) is 0.227. The van der Waals surface area contributed by atoms with Crippen molar-refractivity contribution in [3.8, 4) is 17.0 Å². The zero-order valence-corrected chi connectivity index (χ0v) is 16.7. The number of benzene rings is 1. The van der Waals surface area contributed by atoms with E-state index < -0.39 is 6.10 Å². The number of rotatable bonds is 1. The molecular weight excluding hydrogens is 385 g/mol. The van der Waals surface area contributed by atoms with Crippen LogP contribution < -0.4 is 16.2 Å². The highest BCUT2D eigenvalue weighted by Gasteiger charge is 2.24. The number of aromatic nitrogens is 2. The van der Waals surface area contributed by atoms with E-state index in [2.05, 4.69) is 15.0 Å². The number of ether oxygens (including phenoxy) is 1. The second-order valence-electron chi connectivity index (χ2n) is 6.91. The molecule has 1 aromatic carbocycles. The molecule has 0 unspecified atom stereocenters. The highest BCUT2D eigenvalue weighted by molar-refractivity contribution is 6.13. The molecule has 2 bridgehead atoms. The van der Waals surface area contributed by atoms with Gasteiger partial charge in [-0.05, 0) is 44.3 Å². The SMILES string of the molecule is CCN=C1C(=CN)Cc2ocnc2-c2ccc(F)cc2[C@@H](C)Oc2cc1cnc2N. The number of nitrogen functional groups attached to an aromatic ring is 1. The van der Waals surface area contributed by atoms with Gasteiger partial charge in [0, 0.05) is 41.4 Å². The Morgan fingerprint density at radius 3 is 2.90 bits per heavy atom. The summed E-state index contributed by atoms with van der Waals surface area (Å²) < 4.78 is 25.9. The third-order valence-corrected chi connectivity index (χ3v) is 4.98. The van der Waals surface area contributed by atoms with Gasteiger partial charge in [-0.2, -0.15) is 0 Å². The number of hydrogen-bond donors (Lipinski definition) is 2. The van der Waals surface area contributed by atoms with Gasteiger partial charge in [0.05, 0.1) is 5.71 Å². The lowest BCUT2D eigenvalue weighted by atomic mass is 9.95. The summed E-state index contributed by atoms with van der Waals surface area (Å²) in [6.07, 6.45) is 4.34. The molecule has 1 aliphatic rings. The molecule has 1 atom stereocenters. The van der Waals surface area contributed by atoms with Gasteiger partial charge in [-0.1, -0.05) is 0 Å². The third-order valence-electron chi connectivity index (χ3n) is 4.98. The van der Waals surface area contributed by atoms with Gasteiger partial charge < -0.3 is 20.6 Å². The van der Waals surface area contributed by atoms with E-state index >= 15 is 0 Å². The fourth-order valence-electron chi connectivity index (χ4n) is 3.57. The molecule has 0 aliphatic carbocycles. The number of hydrogen-bond acceptors (Lipinski definition) is 7. The smallest absolute Gasteiger partial charge is 0.181 e. The zero-order chi connectivity index (χ0) is 21.3. The lowest BCUT2D eigenvalue weighted by Gasteiger charge is -2.21. The molecule has 30 heavy (non-hydrogen) atoms. The molecule has 0 amide bonds. The second kappa shape index (κ2) is 7.98. The van der Waals surface area contributed by atoms with Gasteiger partial charge >= 0.3 is 0 Å². The van der Waals surface area contributed by atoms with Crippen molar-refractivity contribution in [1.29, 1.82) is 0 Å². The molecule has 0 spiro atoms. The van der Waals surface area contributed by atoms with Crippen LogP contribution in [0.3, 0.4) is 0 Å². The van der Waals surface area contributed by atoms with Gasteiger partial charge in [0.25, 0.3) is 0 Å². The Balaban J connectivity index is 1.98. The third kappa shape index (κ3) is 3.52. The molecule has 4 N–H and O–H groups in total. The van der Waals surface area contributed by atoms with Crippen LogP contribution in [0.1, 0.15) is 36.8 Å². The van der Waals surface area contributed by atoms with Gasteiger partial charge in [-0.15, -0.1) is 0 Å². The monoisotopic (exact) mass is 407 g/mol. The summed E-state index contributed by atoms with van der Waals surface area (Å²) in [4.78, 5) is 13.3. The van der Waals surface area contributed by atoms with E-state index in [4.69, 9.17) is 20.6 Å². The summed E-state index contributed by atoms with van der Waals surface area (Å²) in [5, 5.41) is 0. The van der Waals surface area contributed by atoms with E-state index in [1.54, 1.807) is 18.3 Å². The maximum atomic E-state index is 14.1. The Labute approximate surface area is 173 Å². The molecule has 0 radical (unpaired) electrons. The highest BCUT2D eigenvalue weighted by Crippen LogP contribution is 2.36. The van der Waals surface area contributed by atoms with Crippen LogP contribution in [0.15, 0.2) is 58.0 Å². The highest BCUT2D eigenvalue weighted by atomic mass is 19.1. The van der Waals surface area contributed by atoms with Crippen LogP contribution in [0.25, 0.3) is 11.3 Å². The minimum Gasteiger partial charge on any atom is -0.482 e. The minimum absolute atomic E-state index is 0.233. The maximum Gasteiger partial charge on any atom is 0.181 e. The predicted molar refractivity (Wildman–Crippen MR) is 113 cm³/mol. The topological polar surface area (TPSA) is 113 Å². The van der Waals surface area contributed by atoms with Crippen molar-refractivity contribution in [2.75, 3.05) is 12.3 Å². The molecule has 3 heterocycles. The molecule has 3 aromatic rings. The van der Waals surface area contributed by atoms with Crippen LogP contribution in [0.4, 0.5) is 10.2 Å². The molecule has 0 saturated heterocycles. The number of nitrogens with two attached hydrogens (primary N) is 2. The summed E-state index contributed by atoms with van der Waals surface area (Å²) in [6, 6.07) is 6.26. The summed E-state index contributed by atoms with van der Waals surface area (Å²) in [6.45, 7) is 4.31. The van der Waals surface area contributed by atoms with Crippen molar-refractivity contribution in [3.63, 3.8) is 0 Å². The number of oxazole rings is 1. The number of nitrogens with zero attached hydrogens (tertiary/aromatic N) is 3. The molecule has 0 saturated carbocycles. The van der Waals surface area contributed by atoms with Crippen molar-refractivity contribution in [2.24, 2.45) is 10.7 Å². The predicted octanol–water partition coefficient (Wildman–Crippen LogP) is 3.81. The minimum atomic E-state index is -0.518.